The summed E-state index contributed by atoms with van der Waals surface area (Å²) in [4.78, 5) is 16.7. The summed E-state index contributed by atoms with van der Waals surface area (Å²) in [5.41, 5.74) is 3.09. The quantitative estimate of drug-likeness (QED) is 0.760. The van der Waals surface area contributed by atoms with Crippen LogP contribution in [0.25, 0.3) is 0 Å². The van der Waals surface area contributed by atoms with Crippen molar-refractivity contribution >= 4 is 23.2 Å². The highest BCUT2D eigenvalue weighted by molar-refractivity contribution is 6.30. The van der Waals surface area contributed by atoms with E-state index in [2.05, 4.69) is 29.2 Å². The van der Waals surface area contributed by atoms with Crippen LogP contribution >= 0.6 is 11.6 Å². The van der Waals surface area contributed by atoms with Crippen LogP contribution in [0.5, 0.6) is 5.75 Å². The van der Waals surface area contributed by atoms with E-state index in [-0.39, 0.29) is 12.3 Å². The van der Waals surface area contributed by atoms with Gasteiger partial charge in [-0.05, 0) is 35.9 Å². The Morgan fingerprint density at radius 1 is 1.19 bits per heavy atom. The first-order valence-corrected chi connectivity index (χ1v) is 9.42. The van der Waals surface area contributed by atoms with Crippen LogP contribution in [0.2, 0.25) is 5.02 Å². The van der Waals surface area contributed by atoms with E-state index >= 15 is 0 Å². The molecule has 5 nitrogen and oxygen atoms in total. The van der Waals surface area contributed by atoms with Gasteiger partial charge in [-0.25, -0.2) is 0 Å². The molecule has 2 aromatic carbocycles. The molecular weight excluding hydrogens is 364 g/mol. The minimum atomic E-state index is 0.0211. The van der Waals surface area contributed by atoms with Gasteiger partial charge in [-0.1, -0.05) is 23.7 Å². The van der Waals surface area contributed by atoms with Crippen molar-refractivity contribution < 1.29 is 14.3 Å². The Bertz CT molecular complexity index is 773. The number of amides is 1. The van der Waals surface area contributed by atoms with Crippen molar-refractivity contribution in [1.29, 1.82) is 0 Å². The molecule has 1 aliphatic rings. The molecule has 3 rings (SSSR count). The second kappa shape index (κ2) is 9.11. The molecule has 0 spiro atoms. The average molecular weight is 389 g/mol. The number of hydrogen-bond acceptors (Lipinski definition) is 4. The second-order valence-electron chi connectivity index (χ2n) is 6.65. The van der Waals surface area contributed by atoms with Crippen molar-refractivity contribution in [3.05, 3.63) is 58.6 Å². The molecule has 144 valence electrons. The van der Waals surface area contributed by atoms with Gasteiger partial charge in [-0.2, -0.15) is 0 Å². The predicted molar refractivity (Wildman–Crippen MR) is 108 cm³/mol. The Balaban J connectivity index is 1.60. The highest BCUT2D eigenvalue weighted by atomic mass is 35.5. The number of likely N-dealkylation sites (N-methyl/N-ethyl adjacent to an activating group) is 1. The maximum atomic E-state index is 12.6. The molecule has 0 atom stereocenters. The largest absolute Gasteiger partial charge is 0.496 e. The normalized spacial score (nSPS) is 14.1. The van der Waals surface area contributed by atoms with Gasteiger partial charge in [-0.3, -0.25) is 4.79 Å². The van der Waals surface area contributed by atoms with E-state index in [0.717, 1.165) is 37.4 Å². The molecule has 0 aliphatic carbocycles. The number of ether oxygens (including phenoxy) is 2. The van der Waals surface area contributed by atoms with Crippen LogP contribution in [0.1, 0.15) is 11.1 Å². The van der Waals surface area contributed by atoms with Crippen LogP contribution < -0.4 is 9.64 Å². The number of carbonyl (C=O) groups is 1. The summed E-state index contributed by atoms with van der Waals surface area (Å²) < 4.78 is 10.7. The lowest BCUT2D eigenvalue weighted by Gasteiger charge is -2.29. The van der Waals surface area contributed by atoms with Crippen molar-refractivity contribution in [1.82, 2.24) is 4.90 Å². The maximum Gasteiger partial charge on any atom is 0.227 e. The number of benzene rings is 2. The fourth-order valence-electron chi connectivity index (χ4n) is 3.18. The Morgan fingerprint density at radius 2 is 1.89 bits per heavy atom. The number of carbonyl (C=O) groups excluding carboxylic acids is 1. The van der Waals surface area contributed by atoms with E-state index in [1.807, 2.05) is 7.05 Å². The van der Waals surface area contributed by atoms with Gasteiger partial charge in [0.2, 0.25) is 5.91 Å². The van der Waals surface area contributed by atoms with E-state index in [9.17, 15) is 4.79 Å². The molecule has 0 aromatic heterocycles. The number of halogens is 1. The third kappa shape index (κ3) is 5.15. The van der Waals surface area contributed by atoms with Gasteiger partial charge < -0.3 is 19.3 Å². The van der Waals surface area contributed by atoms with Gasteiger partial charge >= 0.3 is 0 Å². The fourth-order valence-corrected chi connectivity index (χ4v) is 3.37. The summed E-state index contributed by atoms with van der Waals surface area (Å²) in [6, 6.07) is 13.7. The maximum absolute atomic E-state index is 12.6. The molecule has 0 N–H and O–H groups in total. The summed E-state index contributed by atoms with van der Waals surface area (Å²) in [5, 5.41) is 0.597. The first kappa shape index (κ1) is 19.5. The van der Waals surface area contributed by atoms with Crippen LogP contribution in [-0.2, 0) is 22.5 Å². The lowest BCUT2D eigenvalue weighted by molar-refractivity contribution is -0.129. The Labute approximate surface area is 165 Å². The molecule has 1 fully saturated rings. The number of hydrogen-bond donors (Lipinski definition) is 0. The van der Waals surface area contributed by atoms with Gasteiger partial charge in [0.25, 0.3) is 0 Å². The third-order valence-electron chi connectivity index (χ3n) is 4.74. The molecule has 1 amide bonds. The van der Waals surface area contributed by atoms with Crippen molar-refractivity contribution in [2.24, 2.45) is 0 Å². The first-order valence-electron chi connectivity index (χ1n) is 9.05. The molecule has 1 heterocycles. The number of morpholine rings is 1. The first-order chi connectivity index (χ1) is 13.1. The van der Waals surface area contributed by atoms with E-state index in [1.54, 1.807) is 30.2 Å². The van der Waals surface area contributed by atoms with Crippen molar-refractivity contribution in [3.63, 3.8) is 0 Å². The van der Waals surface area contributed by atoms with Crippen LogP contribution in [0, 0.1) is 0 Å². The van der Waals surface area contributed by atoms with Crippen molar-refractivity contribution in [2.45, 2.75) is 13.0 Å². The molecule has 0 saturated carbocycles. The molecule has 6 heteroatoms. The standard InChI is InChI=1S/C21H25ClN2O3/c1-23(21(25)14-17-13-18(22)5-8-20(17)26-2)15-16-3-6-19(7-4-16)24-9-11-27-12-10-24/h3-8,13H,9-12,14-15H2,1-2H3. The van der Waals surface area contributed by atoms with E-state index in [4.69, 9.17) is 21.1 Å². The number of anilines is 1. The molecule has 0 radical (unpaired) electrons. The van der Waals surface area contributed by atoms with Gasteiger partial charge in [0.1, 0.15) is 5.75 Å². The molecule has 1 aliphatic heterocycles. The second-order valence-corrected chi connectivity index (χ2v) is 7.09. The van der Waals surface area contributed by atoms with Crippen molar-refractivity contribution in [2.75, 3.05) is 45.4 Å². The van der Waals surface area contributed by atoms with Gasteiger partial charge in [0, 0.05) is 43.0 Å². The van der Waals surface area contributed by atoms with Crippen LogP contribution in [-0.4, -0.2) is 51.3 Å². The number of nitrogens with zero attached hydrogens (tertiary/aromatic N) is 2. The zero-order valence-electron chi connectivity index (χ0n) is 15.8. The number of rotatable bonds is 6. The lowest BCUT2D eigenvalue weighted by Crippen LogP contribution is -2.36. The SMILES string of the molecule is COc1ccc(Cl)cc1CC(=O)N(C)Cc1ccc(N2CCOCC2)cc1. The average Bonchev–Trinajstić information content (AvgIpc) is 2.69. The minimum absolute atomic E-state index is 0.0211. The third-order valence-corrected chi connectivity index (χ3v) is 4.98. The topological polar surface area (TPSA) is 42.0 Å². The van der Waals surface area contributed by atoms with Gasteiger partial charge in [-0.15, -0.1) is 0 Å². The van der Waals surface area contributed by atoms with E-state index in [0.29, 0.717) is 17.3 Å². The molecule has 0 unspecified atom stereocenters. The summed E-state index contributed by atoms with van der Waals surface area (Å²) in [5.74, 6) is 0.698. The van der Waals surface area contributed by atoms with Crippen LogP contribution in [0.3, 0.4) is 0 Å². The van der Waals surface area contributed by atoms with Crippen LogP contribution in [0.4, 0.5) is 5.69 Å². The zero-order chi connectivity index (χ0) is 19.2. The van der Waals surface area contributed by atoms with Crippen LogP contribution in [0.15, 0.2) is 42.5 Å². The smallest absolute Gasteiger partial charge is 0.227 e. The monoisotopic (exact) mass is 388 g/mol. The highest BCUT2D eigenvalue weighted by Gasteiger charge is 2.15. The molecular formula is C21H25ClN2O3. The highest BCUT2D eigenvalue weighted by Crippen LogP contribution is 2.24. The minimum Gasteiger partial charge on any atom is -0.496 e. The molecule has 1 saturated heterocycles. The molecule has 0 bridgehead atoms. The Kier molecular flexibility index (Phi) is 6.58. The predicted octanol–water partition coefficient (Wildman–Crippen LogP) is 3.39. The summed E-state index contributed by atoms with van der Waals surface area (Å²) in [6.45, 7) is 3.93. The number of methoxy groups -OCH3 is 1. The summed E-state index contributed by atoms with van der Waals surface area (Å²) in [7, 11) is 3.41. The molecule has 27 heavy (non-hydrogen) atoms. The Hall–Kier alpha value is -2.24. The van der Waals surface area contributed by atoms with Gasteiger partial charge in [0.15, 0.2) is 0 Å². The Morgan fingerprint density at radius 3 is 2.56 bits per heavy atom. The van der Waals surface area contributed by atoms with E-state index < -0.39 is 0 Å². The van der Waals surface area contributed by atoms with E-state index in [1.165, 1.54) is 5.69 Å². The molecule has 2 aromatic rings. The van der Waals surface area contributed by atoms with Gasteiger partial charge in [0.05, 0.1) is 26.7 Å². The summed E-state index contributed by atoms with van der Waals surface area (Å²) >= 11 is 6.05. The lowest BCUT2D eigenvalue weighted by atomic mass is 10.1. The fraction of sp³-hybridized carbons (Fsp3) is 0.381. The zero-order valence-corrected chi connectivity index (χ0v) is 16.5. The van der Waals surface area contributed by atoms with Crippen molar-refractivity contribution in [3.8, 4) is 5.75 Å². The summed E-state index contributed by atoms with van der Waals surface area (Å²) in [6.07, 6.45) is 0.256.